The number of nitrogens with zero attached hydrogens (tertiary/aromatic N) is 3. The molecule has 160 valence electrons. The van der Waals surface area contributed by atoms with Crippen molar-refractivity contribution in [1.29, 1.82) is 0 Å². The minimum Gasteiger partial charge on any atom is -0.496 e. The molecule has 3 aromatic heterocycles. The predicted molar refractivity (Wildman–Crippen MR) is 129 cm³/mol. The Morgan fingerprint density at radius 3 is 2.70 bits per heavy atom. The summed E-state index contributed by atoms with van der Waals surface area (Å²) in [6.45, 7) is 0. The van der Waals surface area contributed by atoms with Crippen LogP contribution in [-0.2, 0) is 0 Å². The van der Waals surface area contributed by atoms with Gasteiger partial charge >= 0.3 is 0 Å². The summed E-state index contributed by atoms with van der Waals surface area (Å²) in [5, 5.41) is 6.83. The molecule has 0 amide bonds. The lowest BCUT2D eigenvalue weighted by molar-refractivity contribution is 0.419. The van der Waals surface area contributed by atoms with E-state index in [9.17, 15) is 4.79 Å². The summed E-state index contributed by atoms with van der Waals surface area (Å²) < 4.78 is 12.8. The van der Waals surface area contributed by atoms with Crippen LogP contribution in [0, 0.1) is 0 Å². The lowest BCUT2D eigenvalue weighted by atomic mass is 10.2. The minimum atomic E-state index is -0.279. The molecular weight excluding hydrogens is 416 g/mol. The highest BCUT2D eigenvalue weighted by atomic mass is 16.5. The van der Waals surface area contributed by atoms with Gasteiger partial charge in [0, 0.05) is 22.7 Å². The standard InChI is InChI=1S/C26H18N4O3/c1-32-22-11-6-12-23-19(22)13-24(33-23)25-29-21-10-5-3-8-18(21)26(31)30(25)28-15-16-14-27-20-9-4-2-7-17(16)20/h2-15,27H,1H3. The van der Waals surface area contributed by atoms with Gasteiger partial charge in [-0.05, 0) is 36.4 Å². The molecule has 0 unspecified atom stereocenters. The summed E-state index contributed by atoms with van der Waals surface area (Å²) in [5.41, 5.74) is 2.79. The van der Waals surface area contributed by atoms with Gasteiger partial charge in [0.1, 0.15) is 11.3 Å². The van der Waals surface area contributed by atoms with E-state index in [0.717, 1.165) is 21.9 Å². The third-order valence-electron chi connectivity index (χ3n) is 5.65. The number of hydrogen-bond acceptors (Lipinski definition) is 5. The molecule has 6 rings (SSSR count). The third-order valence-corrected chi connectivity index (χ3v) is 5.65. The smallest absolute Gasteiger partial charge is 0.282 e. The highest BCUT2D eigenvalue weighted by Gasteiger charge is 2.18. The van der Waals surface area contributed by atoms with E-state index in [1.165, 1.54) is 4.68 Å². The van der Waals surface area contributed by atoms with Gasteiger partial charge in [-0.25, -0.2) is 4.98 Å². The molecule has 0 saturated carbocycles. The summed E-state index contributed by atoms with van der Waals surface area (Å²) in [7, 11) is 1.61. The number of furan rings is 1. The van der Waals surface area contributed by atoms with E-state index in [2.05, 4.69) is 10.1 Å². The van der Waals surface area contributed by atoms with Crippen LogP contribution >= 0.6 is 0 Å². The van der Waals surface area contributed by atoms with Gasteiger partial charge in [0.25, 0.3) is 5.56 Å². The minimum absolute atomic E-state index is 0.279. The van der Waals surface area contributed by atoms with Crippen LogP contribution in [0.1, 0.15) is 5.56 Å². The molecule has 3 heterocycles. The average molecular weight is 434 g/mol. The first kappa shape index (κ1) is 19.1. The van der Waals surface area contributed by atoms with Crippen LogP contribution in [0.2, 0.25) is 0 Å². The maximum Gasteiger partial charge on any atom is 0.282 e. The molecule has 0 aliphatic carbocycles. The molecule has 0 aliphatic heterocycles. The number of rotatable bonds is 4. The van der Waals surface area contributed by atoms with Crippen LogP contribution in [0.25, 0.3) is 44.4 Å². The van der Waals surface area contributed by atoms with E-state index >= 15 is 0 Å². The van der Waals surface area contributed by atoms with Gasteiger partial charge in [-0.3, -0.25) is 4.79 Å². The van der Waals surface area contributed by atoms with Crippen molar-refractivity contribution in [1.82, 2.24) is 14.6 Å². The molecule has 7 heteroatoms. The molecular formula is C26H18N4O3. The number of methoxy groups -OCH3 is 1. The van der Waals surface area contributed by atoms with Crippen LogP contribution in [0.4, 0.5) is 0 Å². The fraction of sp³-hybridized carbons (Fsp3) is 0.0385. The number of para-hydroxylation sites is 2. The number of aromatic nitrogens is 3. The molecule has 33 heavy (non-hydrogen) atoms. The van der Waals surface area contributed by atoms with Gasteiger partial charge in [0.05, 0.1) is 29.6 Å². The number of aromatic amines is 1. The zero-order valence-corrected chi connectivity index (χ0v) is 17.6. The van der Waals surface area contributed by atoms with E-state index in [0.29, 0.717) is 33.8 Å². The number of H-pyrrole nitrogens is 1. The van der Waals surface area contributed by atoms with Crippen LogP contribution in [0.3, 0.4) is 0 Å². The first-order valence-corrected chi connectivity index (χ1v) is 10.4. The van der Waals surface area contributed by atoms with Gasteiger partial charge < -0.3 is 14.1 Å². The molecule has 1 N–H and O–H groups in total. The van der Waals surface area contributed by atoms with E-state index in [1.54, 1.807) is 25.5 Å². The Kier molecular flexibility index (Phi) is 4.33. The summed E-state index contributed by atoms with van der Waals surface area (Å²) in [6, 6.07) is 22.5. The van der Waals surface area contributed by atoms with Crippen molar-refractivity contribution in [3.63, 3.8) is 0 Å². The highest BCUT2D eigenvalue weighted by Crippen LogP contribution is 2.32. The fourth-order valence-electron chi connectivity index (χ4n) is 4.03. The number of benzene rings is 3. The third kappa shape index (κ3) is 3.10. The SMILES string of the molecule is COc1cccc2oc(-c3nc4ccccc4c(=O)n3N=Cc3c[nH]c4ccccc34)cc12. The van der Waals surface area contributed by atoms with Gasteiger partial charge in [0.15, 0.2) is 5.76 Å². The van der Waals surface area contributed by atoms with Crippen molar-refractivity contribution in [3.8, 4) is 17.3 Å². The van der Waals surface area contributed by atoms with Crippen LogP contribution in [-0.4, -0.2) is 28.0 Å². The average Bonchev–Trinajstić information content (AvgIpc) is 3.47. The summed E-state index contributed by atoms with van der Waals surface area (Å²) in [5.74, 6) is 1.42. The maximum absolute atomic E-state index is 13.4. The second kappa shape index (κ2) is 7.49. The van der Waals surface area contributed by atoms with Crippen LogP contribution in [0.15, 0.2) is 93.3 Å². The Bertz CT molecular complexity index is 1740. The normalized spacial score (nSPS) is 11.8. The van der Waals surface area contributed by atoms with Crippen LogP contribution in [0.5, 0.6) is 5.75 Å². The van der Waals surface area contributed by atoms with Gasteiger partial charge in [-0.2, -0.15) is 9.78 Å². The molecule has 6 aromatic rings. The van der Waals surface area contributed by atoms with E-state index in [-0.39, 0.29) is 5.56 Å². The summed E-state index contributed by atoms with van der Waals surface area (Å²) in [6.07, 6.45) is 3.52. The fourth-order valence-corrected chi connectivity index (χ4v) is 4.03. The number of ether oxygens (including phenoxy) is 1. The second-order valence-electron chi connectivity index (χ2n) is 7.59. The highest BCUT2D eigenvalue weighted by molar-refractivity contribution is 5.99. The Morgan fingerprint density at radius 1 is 1.00 bits per heavy atom. The van der Waals surface area contributed by atoms with Gasteiger partial charge in [-0.15, -0.1) is 0 Å². The molecule has 3 aromatic carbocycles. The molecule has 0 atom stereocenters. The van der Waals surface area contributed by atoms with Crippen molar-refractivity contribution in [2.45, 2.75) is 0 Å². The first-order chi connectivity index (χ1) is 16.2. The van der Waals surface area contributed by atoms with Crippen molar-refractivity contribution >= 4 is 39.0 Å². The molecule has 0 bridgehead atoms. The predicted octanol–water partition coefficient (Wildman–Crippen LogP) is 5.18. The molecule has 0 saturated heterocycles. The first-order valence-electron chi connectivity index (χ1n) is 10.4. The van der Waals surface area contributed by atoms with Gasteiger partial charge in [0.2, 0.25) is 5.82 Å². The monoisotopic (exact) mass is 434 g/mol. The Morgan fingerprint density at radius 2 is 1.82 bits per heavy atom. The van der Waals surface area contributed by atoms with E-state index in [1.807, 2.05) is 66.9 Å². The van der Waals surface area contributed by atoms with Crippen LogP contribution < -0.4 is 10.3 Å². The Hall–Kier alpha value is -4.65. The zero-order chi connectivity index (χ0) is 22.4. The Labute approximate surface area is 187 Å². The largest absolute Gasteiger partial charge is 0.496 e. The quantitative estimate of drug-likeness (QED) is 0.387. The van der Waals surface area contributed by atoms with Crippen molar-refractivity contribution in [3.05, 3.63) is 94.9 Å². The lowest BCUT2D eigenvalue weighted by Crippen LogP contribution is -2.20. The van der Waals surface area contributed by atoms with Crippen molar-refractivity contribution in [2.24, 2.45) is 5.10 Å². The lowest BCUT2D eigenvalue weighted by Gasteiger charge is -2.07. The van der Waals surface area contributed by atoms with Crippen molar-refractivity contribution < 1.29 is 9.15 Å². The topological polar surface area (TPSA) is 85.4 Å². The molecule has 0 spiro atoms. The zero-order valence-electron chi connectivity index (χ0n) is 17.6. The number of hydrogen-bond donors (Lipinski definition) is 1. The molecule has 7 nitrogen and oxygen atoms in total. The molecule has 0 radical (unpaired) electrons. The van der Waals surface area contributed by atoms with Gasteiger partial charge in [-0.1, -0.05) is 36.4 Å². The number of nitrogens with one attached hydrogen (secondary N) is 1. The summed E-state index contributed by atoms with van der Waals surface area (Å²) >= 11 is 0. The molecule has 0 aliphatic rings. The maximum atomic E-state index is 13.4. The van der Waals surface area contributed by atoms with E-state index in [4.69, 9.17) is 14.1 Å². The molecule has 0 fully saturated rings. The van der Waals surface area contributed by atoms with Crippen molar-refractivity contribution in [2.75, 3.05) is 7.11 Å². The Balaban J connectivity index is 1.59. The summed E-state index contributed by atoms with van der Waals surface area (Å²) in [4.78, 5) is 21.4. The number of fused-ring (bicyclic) bond motifs is 3. The second-order valence-corrected chi connectivity index (χ2v) is 7.59. The van der Waals surface area contributed by atoms with E-state index < -0.39 is 0 Å².